The van der Waals surface area contributed by atoms with E-state index in [1.807, 2.05) is 29.0 Å². The quantitative estimate of drug-likeness (QED) is 0.522. The number of hydrogen-bond acceptors (Lipinski definition) is 6. The molecule has 0 fully saturated rings. The van der Waals surface area contributed by atoms with Gasteiger partial charge >= 0.3 is 5.97 Å². The molecule has 0 saturated heterocycles. The highest BCUT2D eigenvalue weighted by Crippen LogP contribution is 2.33. The molecular formula is C19H14N2O3S2. The molecule has 130 valence electrons. The van der Waals surface area contributed by atoms with E-state index < -0.39 is 12.1 Å². The SMILES string of the molecule is C[C@H](OC(=O)c1ccccc1)c1nc2scc(-c3cccs3)c2c(=O)[nH]1. The number of benzene rings is 1. The van der Waals surface area contributed by atoms with Gasteiger partial charge in [-0.05, 0) is 30.5 Å². The van der Waals surface area contributed by atoms with Crippen molar-refractivity contribution >= 4 is 38.9 Å². The Labute approximate surface area is 156 Å². The second-order valence-electron chi connectivity index (χ2n) is 5.67. The van der Waals surface area contributed by atoms with E-state index in [9.17, 15) is 9.59 Å². The van der Waals surface area contributed by atoms with Gasteiger partial charge < -0.3 is 9.72 Å². The Balaban J connectivity index is 1.65. The molecule has 7 heteroatoms. The summed E-state index contributed by atoms with van der Waals surface area (Å²) in [4.78, 5) is 33.7. The van der Waals surface area contributed by atoms with Crippen LogP contribution in [-0.4, -0.2) is 15.9 Å². The lowest BCUT2D eigenvalue weighted by Gasteiger charge is -2.12. The second-order valence-corrected chi connectivity index (χ2v) is 7.48. The molecule has 5 nitrogen and oxygen atoms in total. The van der Waals surface area contributed by atoms with E-state index >= 15 is 0 Å². The number of thiophene rings is 2. The molecule has 0 aliphatic carbocycles. The highest BCUT2D eigenvalue weighted by Gasteiger charge is 2.19. The minimum Gasteiger partial charge on any atom is -0.451 e. The number of hydrogen-bond donors (Lipinski definition) is 1. The fourth-order valence-electron chi connectivity index (χ4n) is 2.63. The van der Waals surface area contributed by atoms with Gasteiger partial charge in [-0.2, -0.15) is 0 Å². The Morgan fingerprint density at radius 3 is 2.69 bits per heavy atom. The van der Waals surface area contributed by atoms with Gasteiger partial charge in [0.1, 0.15) is 4.83 Å². The zero-order valence-electron chi connectivity index (χ0n) is 13.8. The molecular weight excluding hydrogens is 368 g/mol. The van der Waals surface area contributed by atoms with E-state index in [0.29, 0.717) is 21.6 Å². The van der Waals surface area contributed by atoms with E-state index in [-0.39, 0.29) is 5.56 Å². The van der Waals surface area contributed by atoms with Crippen LogP contribution in [0.5, 0.6) is 0 Å². The molecule has 0 aliphatic heterocycles. The van der Waals surface area contributed by atoms with Gasteiger partial charge in [0.05, 0.1) is 10.9 Å². The first-order valence-corrected chi connectivity index (χ1v) is 9.70. The first kappa shape index (κ1) is 16.7. The van der Waals surface area contributed by atoms with E-state index in [1.54, 1.807) is 42.5 Å². The van der Waals surface area contributed by atoms with Crippen molar-refractivity contribution in [3.05, 3.63) is 75.0 Å². The lowest BCUT2D eigenvalue weighted by Crippen LogP contribution is -2.17. The van der Waals surface area contributed by atoms with Crippen LogP contribution < -0.4 is 5.56 Å². The fraction of sp³-hybridized carbons (Fsp3) is 0.105. The topological polar surface area (TPSA) is 72.0 Å². The van der Waals surface area contributed by atoms with Crippen LogP contribution in [0.2, 0.25) is 0 Å². The Bertz CT molecular complexity index is 1110. The van der Waals surface area contributed by atoms with E-state index in [1.165, 1.54) is 11.3 Å². The molecule has 1 atom stereocenters. The van der Waals surface area contributed by atoms with Crippen molar-refractivity contribution in [2.45, 2.75) is 13.0 Å². The smallest absolute Gasteiger partial charge is 0.338 e. The zero-order chi connectivity index (χ0) is 18.1. The molecule has 1 aromatic carbocycles. The lowest BCUT2D eigenvalue weighted by molar-refractivity contribution is 0.0320. The van der Waals surface area contributed by atoms with Crippen LogP contribution in [0.4, 0.5) is 0 Å². The maximum atomic E-state index is 12.6. The summed E-state index contributed by atoms with van der Waals surface area (Å²) >= 11 is 2.99. The average molecular weight is 382 g/mol. The maximum absolute atomic E-state index is 12.6. The third kappa shape index (κ3) is 3.07. The van der Waals surface area contributed by atoms with Gasteiger partial charge in [-0.1, -0.05) is 24.3 Å². The van der Waals surface area contributed by atoms with Crippen LogP contribution in [0.3, 0.4) is 0 Å². The Morgan fingerprint density at radius 1 is 1.15 bits per heavy atom. The van der Waals surface area contributed by atoms with Gasteiger partial charge in [0, 0.05) is 15.8 Å². The summed E-state index contributed by atoms with van der Waals surface area (Å²) < 4.78 is 5.44. The Kier molecular flexibility index (Phi) is 4.40. The summed E-state index contributed by atoms with van der Waals surface area (Å²) in [5.41, 5.74) is 1.12. The minimum absolute atomic E-state index is 0.225. The van der Waals surface area contributed by atoms with E-state index in [2.05, 4.69) is 9.97 Å². The summed E-state index contributed by atoms with van der Waals surface area (Å²) in [7, 11) is 0. The molecule has 26 heavy (non-hydrogen) atoms. The number of rotatable bonds is 4. The number of aromatic nitrogens is 2. The van der Waals surface area contributed by atoms with Gasteiger partial charge in [-0.15, -0.1) is 22.7 Å². The highest BCUT2D eigenvalue weighted by atomic mass is 32.1. The first-order valence-electron chi connectivity index (χ1n) is 7.95. The van der Waals surface area contributed by atoms with Gasteiger partial charge in [0.25, 0.3) is 5.56 Å². The van der Waals surface area contributed by atoms with Gasteiger partial charge in [0.15, 0.2) is 11.9 Å². The zero-order valence-corrected chi connectivity index (χ0v) is 15.4. The predicted molar refractivity (Wildman–Crippen MR) is 104 cm³/mol. The molecule has 0 amide bonds. The third-order valence-electron chi connectivity index (χ3n) is 3.93. The predicted octanol–water partition coefficient (Wildman–Crippen LogP) is 4.63. The standard InChI is InChI=1S/C19H14N2O3S2/c1-11(24-19(23)12-6-3-2-4-7-12)16-20-17(22)15-13(10-26-18(15)21-16)14-8-5-9-25-14/h2-11H,1H3,(H,20,21,22)/t11-/m0/s1. The second kappa shape index (κ2) is 6.86. The van der Waals surface area contributed by atoms with Crippen molar-refractivity contribution < 1.29 is 9.53 Å². The maximum Gasteiger partial charge on any atom is 0.338 e. The Morgan fingerprint density at radius 2 is 1.96 bits per heavy atom. The number of carbonyl (C=O) groups excluding carboxylic acids is 1. The summed E-state index contributed by atoms with van der Waals surface area (Å²) in [6.07, 6.45) is -0.660. The van der Waals surface area contributed by atoms with Crippen LogP contribution in [0, 0.1) is 0 Å². The van der Waals surface area contributed by atoms with Crippen LogP contribution in [0.25, 0.3) is 20.7 Å². The van der Waals surface area contributed by atoms with Crippen LogP contribution in [0.1, 0.15) is 29.2 Å². The van der Waals surface area contributed by atoms with Gasteiger partial charge in [-0.3, -0.25) is 4.79 Å². The van der Waals surface area contributed by atoms with E-state index in [0.717, 1.165) is 10.4 Å². The highest BCUT2D eigenvalue weighted by molar-refractivity contribution is 7.18. The number of fused-ring (bicyclic) bond motifs is 1. The molecule has 4 aromatic rings. The molecule has 3 heterocycles. The van der Waals surface area contributed by atoms with Crippen molar-refractivity contribution in [3.8, 4) is 10.4 Å². The molecule has 0 saturated carbocycles. The first-order chi connectivity index (χ1) is 12.6. The van der Waals surface area contributed by atoms with Crippen LogP contribution in [0.15, 0.2) is 58.0 Å². The molecule has 4 rings (SSSR count). The minimum atomic E-state index is -0.660. The molecule has 0 aliphatic rings. The van der Waals surface area contributed by atoms with Crippen molar-refractivity contribution in [1.82, 2.24) is 9.97 Å². The number of esters is 1. The molecule has 0 spiro atoms. The summed E-state index contributed by atoms with van der Waals surface area (Å²) in [6.45, 7) is 1.69. The normalized spacial score (nSPS) is 12.2. The molecule has 0 bridgehead atoms. The van der Waals surface area contributed by atoms with Crippen molar-refractivity contribution in [2.24, 2.45) is 0 Å². The number of aromatic amines is 1. The number of nitrogens with zero attached hydrogens (tertiary/aromatic N) is 1. The van der Waals surface area contributed by atoms with Crippen molar-refractivity contribution in [3.63, 3.8) is 0 Å². The van der Waals surface area contributed by atoms with Crippen LogP contribution >= 0.6 is 22.7 Å². The molecule has 0 radical (unpaired) electrons. The van der Waals surface area contributed by atoms with Crippen molar-refractivity contribution in [2.75, 3.05) is 0 Å². The summed E-state index contributed by atoms with van der Waals surface area (Å²) in [6, 6.07) is 12.7. The number of ether oxygens (including phenoxy) is 1. The molecule has 0 unspecified atom stereocenters. The van der Waals surface area contributed by atoms with Crippen molar-refractivity contribution in [1.29, 1.82) is 0 Å². The van der Waals surface area contributed by atoms with Gasteiger partial charge in [0.2, 0.25) is 0 Å². The van der Waals surface area contributed by atoms with E-state index in [4.69, 9.17) is 4.74 Å². The number of H-pyrrole nitrogens is 1. The molecule has 3 aromatic heterocycles. The third-order valence-corrected chi connectivity index (χ3v) is 5.70. The van der Waals surface area contributed by atoms with Gasteiger partial charge in [-0.25, -0.2) is 9.78 Å². The molecule has 1 N–H and O–H groups in total. The lowest BCUT2D eigenvalue weighted by atomic mass is 10.2. The fourth-order valence-corrected chi connectivity index (χ4v) is 4.40. The Hall–Kier alpha value is -2.77. The monoisotopic (exact) mass is 382 g/mol. The number of carbonyl (C=O) groups is 1. The average Bonchev–Trinajstić information content (AvgIpc) is 3.31. The largest absolute Gasteiger partial charge is 0.451 e. The number of nitrogens with one attached hydrogen (secondary N) is 1. The van der Waals surface area contributed by atoms with Crippen LogP contribution in [-0.2, 0) is 4.74 Å². The summed E-state index contributed by atoms with van der Waals surface area (Å²) in [5.74, 6) is -0.113. The summed E-state index contributed by atoms with van der Waals surface area (Å²) in [5, 5.41) is 4.48.